The Morgan fingerprint density at radius 3 is 2.76 bits per heavy atom. The molecular formula is C7H5Br2N7O. The summed E-state index contributed by atoms with van der Waals surface area (Å²) in [5, 5.41) is 8.42. The van der Waals surface area contributed by atoms with Crippen LogP contribution in [0.15, 0.2) is 15.4 Å². The summed E-state index contributed by atoms with van der Waals surface area (Å²) in [4.78, 5) is 23.3. The van der Waals surface area contributed by atoms with Crippen LogP contribution in [0.3, 0.4) is 0 Å². The Hall–Kier alpha value is -1.55. The van der Waals surface area contributed by atoms with Crippen LogP contribution in [0.4, 0.5) is 11.8 Å². The van der Waals surface area contributed by atoms with Gasteiger partial charge in [-0.2, -0.15) is 4.98 Å². The van der Waals surface area contributed by atoms with Gasteiger partial charge in [0.05, 0.1) is 6.20 Å². The number of halogens is 2. The Morgan fingerprint density at radius 1 is 1.41 bits per heavy atom. The van der Waals surface area contributed by atoms with Crippen molar-refractivity contribution in [2.75, 3.05) is 11.1 Å². The number of carbonyl (C=O) groups excluding carboxylic acids is 1. The van der Waals surface area contributed by atoms with E-state index in [1.165, 1.54) is 6.20 Å². The van der Waals surface area contributed by atoms with Crippen LogP contribution in [0.1, 0.15) is 10.6 Å². The van der Waals surface area contributed by atoms with Crippen LogP contribution in [0.2, 0.25) is 0 Å². The third-order valence-electron chi connectivity index (χ3n) is 1.65. The monoisotopic (exact) mass is 361 g/mol. The van der Waals surface area contributed by atoms with Gasteiger partial charge in [-0.15, -0.1) is 5.10 Å². The summed E-state index contributed by atoms with van der Waals surface area (Å²) in [6.45, 7) is 0. The van der Waals surface area contributed by atoms with Gasteiger partial charge < -0.3 is 11.1 Å². The van der Waals surface area contributed by atoms with Gasteiger partial charge in [-0.05, 0) is 31.9 Å². The zero-order valence-electron chi connectivity index (χ0n) is 8.11. The van der Waals surface area contributed by atoms with Gasteiger partial charge in [-0.1, -0.05) is 0 Å². The molecule has 0 fully saturated rings. The summed E-state index contributed by atoms with van der Waals surface area (Å²) in [5.41, 5.74) is 5.28. The van der Waals surface area contributed by atoms with Gasteiger partial charge in [-0.25, -0.2) is 9.97 Å². The van der Waals surface area contributed by atoms with E-state index in [-0.39, 0.29) is 17.6 Å². The highest BCUT2D eigenvalue weighted by Crippen LogP contribution is 2.19. The quantitative estimate of drug-likeness (QED) is 0.731. The molecule has 88 valence electrons. The molecule has 1 amide bonds. The number of amides is 1. The molecule has 0 atom stereocenters. The molecule has 2 aromatic heterocycles. The molecular weight excluding hydrogens is 358 g/mol. The van der Waals surface area contributed by atoms with Gasteiger partial charge in [-0.3, -0.25) is 9.89 Å². The number of H-pyrrole nitrogens is 1. The van der Waals surface area contributed by atoms with Crippen LogP contribution >= 0.6 is 31.9 Å². The third-order valence-corrected chi connectivity index (χ3v) is 2.59. The molecule has 0 radical (unpaired) electrons. The second-order valence-electron chi connectivity index (χ2n) is 2.83. The lowest BCUT2D eigenvalue weighted by Gasteiger charge is -2.03. The predicted molar refractivity (Wildman–Crippen MR) is 66.2 cm³/mol. The molecule has 0 spiro atoms. The highest BCUT2D eigenvalue weighted by Gasteiger charge is 2.13. The number of hydrogen-bond acceptors (Lipinski definition) is 6. The molecule has 0 aliphatic rings. The first-order chi connectivity index (χ1) is 8.06. The standard InChI is InChI=1S/C7H5Br2N7O/c8-2-1-11-4(3(9)12-2)13-6(17)5-14-7(10)16-15-5/h1H,(H,11,13,17)(H3,10,14,15,16). The highest BCUT2D eigenvalue weighted by atomic mass is 79.9. The maximum Gasteiger partial charge on any atom is 0.294 e. The van der Waals surface area contributed by atoms with Crippen LogP contribution in [0.25, 0.3) is 0 Å². The van der Waals surface area contributed by atoms with Crippen molar-refractivity contribution in [3.63, 3.8) is 0 Å². The second-order valence-corrected chi connectivity index (χ2v) is 4.39. The summed E-state index contributed by atoms with van der Waals surface area (Å²) < 4.78 is 0.944. The minimum absolute atomic E-state index is 0.000816. The number of rotatable bonds is 2. The Bertz CT molecular complexity index is 569. The highest BCUT2D eigenvalue weighted by molar-refractivity contribution is 9.11. The van der Waals surface area contributed by atoms with Gasteiger partial charge in [0.1, 0.15) is 9.21 Å². The van der Waals surface area contributed by atoms with Crippen molar-refractivity contribution in [3.05, 3.63) is 21.2 Å². The van der Waals surface area contributed by atoms with E-state index in [1.807, 2.05) is 0 Å². The van der Waals surface area contributed by atoms with Crippen LogP contribution in [0.5, 0.6) is 0 Å². The van der Waals surface area contributed by atoms with E-state index in [9.17, 15) is 4.79 Å². The molecule has 0 unspecified atom stereocenters. The van der Waals surface area contributed by atoms with Crippen molar-refractivity contribution < 1.29 is 4.79 Å². The number of anilines is 2. The van der Waals surface area contributed by atoms with Crippen molar-refractivity contribution in [2.24, 2.45) is 0 Å². The summed E-state index contributed by atoms with van der Waals surface area (Å²) in [6, 6.07) is 0. The maximum atomic E-state index is 11.7. The van der Waals surface area contributed by atoms with E-state index >= 15 is 0 Å². The fourth-order valence-corrected chi connectivity index (χ4v) is 1.88. The van der Waals surface area contributed by atoms with Crippen molar-refractivity contribution in [1.29, 1.82) is 0 Å². The molecule has 0 saturated heterocycles. The molecule has 10 heteroatoms. The molecule has 0 aliphatic carbocycles. The number of nitrogens with two attached hydrogens (primary N) is 1. The Kier molecular flexibility index (Phi) is 3.33. The van der Waals surface area contributed by atoms with E-state index in [0.717, 1.165) is 0 Å². The topological polar surface area (TPSA) is 122 Å². The number of nitrogens with one attached hydrogen (secondary N) is 2. The summed E-state index contributed by atoms with van der Waals surface area (Å²) in [7, 11) is 0. The van der Waals surface area contributed by atoms with Crippen molar-refractivity contribution in [2.45, 2.75) is 0 Å². The molecule has 2 rings (SSSR count). The number of hydrogen-bond donors (Lipinski definition) is 3. The van der Waals surface area contributed by atoms with Crippen molar-refractivity contribution in [1.82, 2.24) is 25.1 Å². The smallest absolute Gasteiger partial charge is 0.294 e. The van der Waals surface area contributed by atoms with E-state index in [0.29, 0.717) is 9.21 Å². The zero-order chi connectivity index (χ0) is 12.4. The number of nitrogen functional groups attached to an aromatic ring is 1. The van der Waals surface area contributed by atoms with Crippen LogP contribution in [0, 0.1) is 0 Å². The van der Waals surface area contributed by atoms with Crippen molar-refractivity contribution in [3.8, 4) is 0 Å². The minimum atomic E-state index is -0.508. The molecule has 2 aromatic rings. The van der Waals surface area contributed by atoms with E-state index < -0.39 is 5.91 Å². The largest absolute Gasteiger partial charge is 0.366 e. The average molecular weight is 363 g/mol. The van der Waals surface area contributed by atoms with E-state index in [2.05, 4.69) is 62.3 Å². The number of aromatic amines is 1. The molecule has 0 aromatic carbocycles. The normalized spacial score (nSPS) is 10.2. The lowest BCUT2D eigenvalue weighted by atomic mass is 10.5. The van der Waals surface area contributed by atoms with E-state index in [4.69, 9.17) is 5.73 Å². The molecule has 8 nitrogen and oxygen atoms in total. The molecule has 4 N–H and O–H groups in total. The summed E-state index contributed by atoms with van der Waals surface area (Å²) in [6.07, 6.45) is 1.45. The van der Waals surface area contributed by atoms with Gasteiger partial charge in [0, 0.05) is 0 Å². The van der Waals surface area contributed by atoms with Gasteiger partial charge in [0.25, 0.3) is 5.91 Å². The lowest BCUT2D eigenvalue weighted by molar-refractivity contribution is 0.101. The fraction of sp³-hybridized carbons (Fsp3) is 0. The summed E-state index contributed by atoms with van der Waals surface area (Å²) >= 11 is 6.31. The van der Waals surface area contributed by atoms with Gasteiger partial charge in [0.2, 0.25) is 11.8 Å². The maximum absolute atomic E-state index is 11.7. The number of aromatic nitrogens is 5. The molecule has 0 bridgehead atoms. The fourth-order valence-electron chi connectivity index (χ4n) is 0.974. The van der Waals surface area contributed by atoms with Crippen LogP contribution in [-0.4, -0.2) is 31.1 Å². The summed E-state index contributed by atoms with van der Waals surface area (Å²) in [5.74, 6) is -0.241. The molecule has 0 aliphatic heterocycles. The molecule has 17 heavy (non-hydrogen) atoms. The average Bonchev–Trinajstić information content (AvgIpc) is 2.69. The number of carbonyl (C=O) groups is 1. The Labute approximate surface area is 112 Å². The Balaban J connectivity index is 2.18. The minimum Gasteiger partial charge on any atom is -0.366 e. The Morgan fingerprint density at radius 2 is 2.18 bits per heavy atom. The van der Waals surface area contributed by atoms with Crippen LogP contribution < -0.4 is 11.1 Å². The van der Waals surface area contributed by atoms with Crippen LogP contribution in [-0.2, 0) is 0 Å². The van der Waals surface area contributed by atoms with Gasteiger partial charge in [0.15, 0.2) is 5.82 Å². The first-order valence-electron chi connectivity index (χ1n) is 4.23. The number of nitrogens with zero attached hydrogens (tertiary/aromatic N) is 4. The molecule has 0 saturated carbocycles. The first kappa shape index (κ1) is 11.9. The predicted octanol–water partition coefficient (Wildman–Crippen LogP) is 0.954. The third kappa shape index (κ3) is 2.77. The zero-order valence-corrected chi connectivity index (χ0v) is 11.3. The lowest BCUT2D eigenvalue weighted by Crippen LogP contribution is -2.15. The first-order valence-corrected chi connectivity index (χ1v) is 5.82. The molecule has 2 heterocycles. The van der Waals surface area contributed by atoms with Gasteiger partial charge >= 0.3 is 0 Å². The van der Waals surface area contributed by atoms with Crippen molar-refractivity contribution >= 4 is 49.5 Å². The second kappa shape index (κ2) is 4.75. The SMILES string of the molecule is Nc1n[nH]c(C(=O)Nc2ncc(Br)nc2Br)n1. The van der Waals surface area contributed by atoms with E-state index in [1.54, 1.807) is 0 Å².